The Hall–Kier alpha value is -0.320. The van der Waals surface area contributed by atoms with E-state index >= 15 is 0 Å². The van der Waals surface area contributed by atoms with E-state index in [9.17, 15) is 0 Å². The highest BCUT2D eigenvalue weighted by Gasteiger charge is 2.27. The third-order valence-electron chi connectivity index (χ3n) is 3.67. The highest BCUT2D eigenvalue weighted by atomic mass is 35.5. The normalized spacial score (nSPS) is 24.2. The number of halogens is 2. The second-order valence-electron chi connectivity index (χ2n) is 5.11. The molecule has 1 fully saturated rings. The predicted octanol–water partition coefficient (Wildman–Crippen LogP) is 3.10. The molecule has 1 aromatic rings. The van der Waals surface area contributed by atoms with Crippen molar-refractivity contribution in [3.8, 4) is 0 Å². The monoisotopic (exact) mass is 302 g/mol. The molecular weight excluding hydrogens is 283 g/mol. The quantitative estimate of drug-likeness (QED) is 0.932. The van der Waals surface area contributed by atoms with E-state index in [1.165, 1.54) is 0 Å². The van der Waals surface area contributed by atoms with Gasteiger partial charge in [-0.05, 0) is 31.5 Å². The lowest BCUT2D eigenvalue weighted by molar-refractivity contribution is -0.0498. The Morgan fingerprint density at radius 3 is 2.74 bits per heavy atom. The van der Waals surface area contributed by atoms with E-state index in [4.69, 9.17) is 33.7 Å². The van der Waals surface area contributed by atoms with Gasteiger partial charge in [-0.1, -0.05) is 29.3 Å². The molecule has 3 nitrogen and oxygen atoms in total. The fourth-order valence-corrected chi connectivity index (χ4v) is 2.97. The van der Waals surface area contributed by atoms with Crippen LogP contribution in [0.5, 0.6) is 0 Å². The minimum atomic E-state index is 0.0377. The Balaban J connectivity index is 2.12. The van der Waals surface area contributed by atoms with Crippen molar-refractivity contribution in [2.24, 2.45) is 5.73 Å². The molecule has 0 spiro atoms. The SMILES string of the molecule is CC(N)C1CN(C(C)c2ccc(Cl)cc2Cl)CCO1. The Bertz CT molecular complexity index is 439. The van der Waals surface area contributed by atoms with Crippen molar-refractivity contribution in [1.82, 2.24) is 4.90 Å². The molecule has 2 rings (SSSR count). The van der Waals surface area contributed by atoms with Gasteiger partial charge in [0.25, 0.3) is 0 Å². The molecule has 0 aliphatic carbocycles. The van der Waals surface area contributed by atoms with Gasteiger partial charge in [-0.25, -0.2) is 0 Å². The van der Waals surface area contributed by atoms with Crippen LogP contribution in [-0.4, -0.2) is 36.7 Å². The second-order valence-corrected chi connectivity index (χ2v) is 5.95. The summed E-state index contributed by atoms with van der Waals surface area (Å²) in [4.78, 5) is 2.35. The van der Waals surface area contributed by atoms with E-state index in [1.807, 2.05) is 19.1 Å². The van der Waals surface area contributed by atoms with Gasteiger partial charge in [0.1, 0.15) is 0 Å². The van der Waals surface area contributed by atoms with Crippen LogP contribution in [0, 0.1) is 0 Å². The van der Waals surface area contributed by atoms with Crippen LogP contribution >= 0.6 is 23.2 Å². The third-order valence-corrected chi connectivity index (χ3v) is 4.23. The van der Waals surface area contributed by atoms with Gasteiger partial charge in [-0.15, -0.1) is 0 Å². The number of nitrogens with two attached hydrogens (primary N) is 1. The standard InChI is InChI=1S/C14H20Cl2N2O/c1-9(17)14-8-18(5-6-19-14)10(2)12-4-3-11(15)7-13(12)16/h3-4,7,9-10,14H,5-6,8,17H2,1-2H3. The van der Waals surface area contributed by atoms with Gasteiger partial charge in [0.15, 0.2) is 0 Å². The first-order valence-corrected chi connectivity index (χ1v) is 7.31. The minimum Gasteiger partial charge on any atom is -0.374 e. The number of ether oxygens (including phenoxy) is 1. The molecule has 3 atom stereocenters. The number of hydrogen-bond donors (Lipinski definition) is 1. The molecule has 0 amide bonds. The average molecular weight is 303 g/mol. The summed E-state index contributed by atoms with van der Waals surface area (Å²) in [6.07, 6.45) is 0.0854. The first kappa shape index (κ1) is 15.1. The van der Waals surface area contributed by atoms with Crippen LogP contribution in [0.4, 0.5) is 0 Å². The molecule has 1 aliphatic heterocycles. The first-order chi connectivity index (χ1) is 8.99. The summed E-state index contributed by atoms with van der Waals surface area (Å²) in [7, 11) is 0. The zero-order chi connectivity index (χ0) is 14.0. The van der Waals surface area contributed by atoms with Crippen LogP contribution in [0.2, 0.25) is 10.0 Å². The average Bonchev–Trinajstić information content (AvgIpc) is 2.38. The Kier molecular flexibility index (Phi) is 5.09. The molecule has 3 unspecified atom stereocenters. The Labute approximate surface area is 124 Å². The molecule has 1 heterocycles. The van der Waals surface area contributed by atoms with Gasteiger partial charge in [0.2, 0.25) is 0 Å². The molecule has 0 radical (unpaired) electrons. The van der Waals surface area contributed by atoms with Crippen molar-refractivity contribution in [2.75, 3.05) is 19.7 Å². The van der Waals surface area contributed by atoms with E-state index in [1.54, 1.807) is 6.07 Å². The fraction of sp³-hybridized carbons (Fsp3) is 0.571. The number of nitrogens with zero attached hydrogens (tertiary/aromatic N) is 1. The fourth-order valence-electron chi connectivity index (χ4n) is 2.40. The molecule has 1 aromatic carbocycles. The molecule has 106 valence electrons. The van der Waals surface area contributed by atoms with E-state index < -0.39 is 0 Å². The molecule has 1 saturated heterocycles. The molecular formula is C14H20Cl2N2O. The Morgan fingerprint density at radius 1 is 1.37 bits per heavy atom. The van der Waals surface area contributed by atoms with Crippen molar-refractivity contribution < 1.29 is 4.74 Å². The molecule has 5 heteroatoms. The highest BCUT2D eigenvalue weighted by Crippen LogP contribution is 2.30. The lowest BCUT2D eigenvalue weighted by atomic mass is 10.0. The molecule has 0 bridgehead atoms. The van der Waals surface area contributed by atoms with E-state index in [-0.39, 0.29) is 18.2 Å². The maximum Gasteiger partial charge on any atom is 0.0850 e. The number of hydrogen-bond acceptors (Lipinski definition) is 3. The van der Waals surface area contributed by atoms with Gasteiger partial charge < -0.3 is 10.5 Å². The van der Waals surface area contributed by atoms with Gasteiger partial charge in [-0.3, -0.25) is 4.90 Å². The highest BCUT2D eigenvalue weighted by molar-refractivity contribution is 6.35. The van der Waals surface area contributed by atoms with Crippen LogP contribution in [0.25, 0.3) is 0 Å². The maximum atomic E-state index is 6.28. The lowest BCUT2D eigenvalue weighted by Gasteiger charge is -2.38. The van der Waals surface area contributed by atoms with Crippen molar-refractivity contribution in [3.05, 3.63) is 33.8 Å². The predicted molar refractivity (Wildman–Crippen MR) is 79.8 cm³/mol. The molecule has 0 aromatic heterocycles. The maximum absolute atomic E-state index is 6.28. The van der Waals surface area contributed by atoms with E-state index in [2.05, 4.69) is 11.8 Å². The summed E-state index contributed by atoms with van der Waals surface area (Å²) < 4.78 is 5.68. The van der Waals surface area contributed by atoms with Crippen LogP contribution < -0.4 is 5.73 Å². The molecule has 1 aliphatic rings. The number of morpholine rings is 1. The van der Waals surface area contributed by atoms with Crippen LogP contribution in [0.3, 0.4) is 0 Å². The Morgan fingerprint density at radius 2 is 2.11 bits per heavy atom. The number of rotatable bonds is 3. The van der Waals surface area contributed by atoms with Crippen molar-refractivity contribution in [1.29, 1.82) is 0 Å². The summed E-state index contributed by atoms with van der Waals surface area (Å²) in [5.41, 5.74) is 7.02. The van der Waals surface area contributed by atoms with E-state index in [0.717, 1.165) is 18.7 Å². The topological polar surface area (TPSA) is 38.5 Å². The van der Waals surface area contributed by atoms with Gasteiger partial charge >= 0.3 is 0 Å². The van der Waals surface area contributed by atoms with Crippen molar-refractivity contribution in [2.45, 2.75) is 32.0 Å². The first-order valence-electron chi connectivity index (χ1n) is 6.55. The third kappa shape index (κ3) is 3.61. The summed E-state index contributed by atoms with van der Waals surface area (Å²) in [5.74, 6) is 0. The van der Waals surface area contributed by atoms with Gasteiger partial charge in [-0.2, -0.15) is 0 Å². The minimum absolute atomic E-state index is 0.0377. The van der Waals surface area contributed by atoms with Crippen molar-refractivity contribution in [3.63, 3.8) is 0 Å². The lowest BCUT2D eigenvalue weighted by Crippen LogP contribution is -2.50. The van der Waals surface area contributed by atoms with Crippen LogP contribution in [0.1, 0.15) is 25.5 Å². The van der Waals surface area contributed by atoms with Gasteiger partial charge in [0, 0.05) is 35.2 Å². The second kappa shape index (κ2) is 6.42. The molecule has 2 N–H and O–H groups in total. The smallest absolute Gasteiger partial charge is 0.0850 e. The zero-order valence-corrected chi connectivity index (χ0v) is 12.8. The summed E-state index contributed by atoms with van der Waals surface area (Å²) in [5, 5.41) is 1.38. The van der Waals surface area contributed by atoms with Crippen LogP contribution in [0.15, 0.2) is 18.2 Å². The summed E-state index contributed by atoms with van der Waals surface area (Å²) in [6, 6.07) is 5.93. The summed E-state index contributed by atoms with van der Waals surface area (Å²) in [6.45, 7) is 6.57. The largest absolute Gasteiger partial charge is 0.374 e. The van der Waals surface area contributed by atoms with Gasteiger partial charge in [0.05, 0.1) is 12.7 Å². The zero-order valence-electron chi connectivity index (χ0n) is 11.3. The molecule has 19 heavy (non-hydrogen) atoms. The summed E-state index contributed by atoms with van der Waals surface area (Å²) >= 11 is 12.2. The molecule has 0 saturated carbocycles. The van der Waals surface area contributed by atoms with Crippen molar-refractivity contribution >= 4 is 23.2 Å². The van der Waals surface area contributed by atoms with E-state index in [0.29, 0.717) is 16.7 Å². The van der Waals surface area contributed by atoms with Crippen LogP contribution in [-0.2, 0) is 4.74 Å². The number of benzene rings is 1.